The minimum absolute atomic E-state index is 0.00396. The average Bonchev–Trinajstić information content (AvgIpc) is 2.56. The van der Waals surface area contributed by atoms with Gasteiger partial charge in [-0.3, -0.25) is 4.79 Å². The van der Waals surface area contributed by atoms with Crippen LogP contribution in [0.2, 0.25) is 0 Å². The molecular formula is C14H28N2O. The maximum Gasteiger partial charge on any atom is 0.224 e. The second-order valence-electron chi connectivity index (χ2n) is 5.76. The van der Waals surface area contributed by atoms with Crippen LogP contribution >= 0.6 is 0 Å². The third-order valence-corrected chi connectivity index (χ3v) is 4.03. The number of hydrogen-bond acceptors (Lipinski definition) is 2. The molecule has 0 aromatic carbocycles. The van der Waals surface area contributed by atoms with Crippen LogP contribution in [0.5, 0.6) is 0 Å². The molecule has 3 heteroatoms. The summed E-state index contributed by atoms with van der Waals surface area (Å²) in [6.45, 7) is 4.15. The zero-order valence-corrected chi connectivity index (χ0v) is 11.6. The Labute approximate surface area is 106 Å². The fourth-order valence-corrected chi connectivity index (χ4v) is 2.43. The molecule has 1 aliphatic rings. The van der Waals surface area contributed by atoms with Crippen molar-refractivity contribution in [1.82, 2.24) is 4.90 Å². The Morgan fingerprint density at radius 1 is 1.24 bits per heavy atom. The highest BCUT2D eigenvalue weighted by atomic mass is 16.2. The quantitative estimate of drug-likeness (QED) is 0.768. The second-order valence-corrected chi connectivity index (χ2v) is 5.76. The van der Waals surface area contributed by atoms with E-state index >= 15 is 0 Å². The van der Waals surface area contributed by atoms with Crippen molar-refractivity contribution in [1.29, 1.82) is 0 Å². The standard InChI is InChI=1S/C14H28N2O/c1-11(2)13(15)10-14(17)16(3)12-8-6-4-5-7-9-12/h11-13H,4-10,15H2,1-3H3. The summed E-state index contributed by atoms with van der Waals surface area (Å²) in [6.07, 6.45) is 7.99. The lowest BCUT2D eigenvalue weighted by Gasteiger charge is -2.29. The van der Waals surface area contributed by atoms with Crippen LogP contribution < -0.4 is 5.73 Å². The van der Waals surface area contributed by atoms with Crippen LogP contribution in [0, 0.1) is 5.92 Å². The zero-order chi connectivity index (χ0) is 12.8. The number of nitrogens with zero attached hydrogens (tertiary/aromatic N) is 1. The Morgan fingerprint density at radius 2 is 1.76 bits per heavy atom. The van der Waals surface area contributed by atoms with Crippen molar-refractivity contribution in [2.75, 3.05) is 7.05 Å². The monoisotopic (exact) mass is 240 g/mol. The zero-order valence-electron chi connectivity index (χ0n) is 11.6. The molecule has 2 N–H and O–H groups in total. The van der Waals surface area contributed by atoms with E-state index in [4.69, 9.17) is 5.73 Å². The summed E-state index contributed by atoms with van der Waals surface area (Å²) in [5, 5.41) is 0. The summed E-state index contributed by atoms with van der Waals surface area (Å²) in [5.41, 5.74) is 5.97. The molecule has 0 spiro atoms. The van der Waals surface area contributed by atoms with Gasteiger partial charge < -0.3 is 10.6 Å². The van der Waals surface area contributed by atoms with Crippen molar-refractivity contribution in [3.8, 4) is 0 Å². The molecule has 1 fully saturated rings. The van der Waals surface area contributed by atoms with E-state index in [-0.39, 0.29) is 11.9 Å². The van der Waals surface area contributed by atoms with Gasteiger partial charge in [0.1, 0.15) is 0 Å². The third-order valence-electron chi connectivity index (χ3n) is 4.03. The maximum atomic E-state index is 12.1. The van der Waals surface area contributed by atoms with E-state index in [1.165, 1.54) is 38.5 Å². The Hall–Kier alpha value is -0.570. The molecule has 1 atom stereocenters. The Bertz CT molecular complexity index is 232. The smallest absolute Gasteiger partial charge is 0.224 e. The molecule has 0 aliphatic heterocycles. The molecule has 0 radical (unpaired) electrons. The van der Waals surface area contributed by atoms with Gasteiger partial charge in [-0.15, -0.1) is 0 Å². The summed E-state index contributed by atoms with van der Waals surface area (Å²) in [5.74, 6) is 0.597. The molecule has 1 rings (SSSR count). The Morgan fingerprint density at radius 3 is 2.24 bits per heavy atom. The first-order chi connectivity index (χ1) is 8.02. The molecule has 17 heavy (non-hydrogen) atoms. The van der Waals surface area contributed by atoms with Gasteiger partial charge in [0, 0.05) is 25.6 Å². The van der Waals surface area contributed by atoms with E-state index in [1.807, 2.05) is 11.9 Å². The molecule has 0 bridgehead atoms. The molecule has 1 saturated carbocycles. The Balaban J connectivity index is 2.44. The van der Waals surface area contributed by atoms with Gasteiger partial charge in [0.2, 0.25) is 5.91 Å². The van der Waals surface area contributed by atoms with Crippen molar-refractivity contribution in [2.45, 2.75) is 70.9 Å². The highest BCUT2D eigenvalue weighted by molar-refractivity contribution is 5.76. The van der Waals surface area contributed by atoms with Crippen LogP contribution in [0.3, 0.4) is 0 Å². The molecule has 3 nitrogen and oxygen atoms in total. The predicted molar refractivity (Wildman–Crippen MR) is 71.7 cm³/mol. The maximum absolute atomic E-state index is 12.1. The lowest BCUT2D eigenvalue weighted by Crippen LogP contribution is -2.41. The molecular weight excluding hydrogens is 212 g/mol. The Kier molecular flexibility index (Phi) is 5.96. The first-order valence-electron chi connectivity index (χ1n) is 7.03. The summed E-state index contributed by atoms with van der Waals surface area (Å²) in [6, 6.07) is 0.445. The fourth-order valence-electron chi connectivity index (χ4n) is 2.43. The van der Waals surface area contributed by atoms with Gasteiger partial charge in [0.05, 0.1) is 0 Å². The number of nitrogens with two attached hydrogens (primary N) is 1. The predicted octanol–water partition coefficient (Wildman–Crippen LogP) is 2.54. The highest BCUT2D eigenvalue weighted by Gasteiger charge is 2.23. The van der Waals surface area contributed by atoms with Crippen LogP contribution in [0.15, 0.2) is 0 Å². The van der Waals surface area contributed by atoms with Gasteiger partial charge in [-0.1, -0.05) is 39.5 Å². The molecule has 1 unspecified atom stereocenters. The summed E-state index contributed by atoms with van der Waals surface area (Å²) in [4.78, 5) is 14.1. The van der Waals surface area contributed by atoms with Gasteiger partial charge in [-0.25, -0.2) is 0 Å². The third kappa shape index (κ3) is 4.66. The van der Waals surface area contributed by atoms with Crippen LogP contribution in [0.25, 0.3) is 0 Å². The first kappa shape index (κ1) is 14.5. The largest absolute Gasteiger partial charge is 0.343 e. The lowest BCUT2D eigenvalue weighted by molar-refractivity contribution is -0.132. The van der Waals surface area contributed by atoms with E-state index in [2.05, 4.69) is 13.8 Å². The highest BCUT2D eigenvalue weighted by Crippen LogP contribution is 2.21. The summed E-state index contributed by atoms with van der Waals surface area (Å²) >= 11 is 0. The minimum atomic E-state index is -0.00396. The number of carbonyl (C=O) groups excluding carboxylic acids is 1. The lowest BCUT2D eigenvalue weighted by atomic mass is 10.0. The van der Waals surface area contributed by atoms with Crippen LogP contribution in [-0.4, -0.2) is 29.9 Å². The molecule has 0 saturated heterocycles. The number of rotatable bonds is 4. The van der Waals surface area contributed by atoms with Crippen molar-refractivity contribution in [3.63, 3.8) is 0 Å². The van der Waals surface area contributed by atoms with Gasteiger partial charge in [-0.2, -0.15) is 0 Å². The van der Waals surface area contributed by atoms with Crippen molar-refractivity contribution in [2.24, 2.45) is 11.7 Å². The molecule has 0 aromatic rings. The van der Waals surface area contributed by atoms with Crippen molar-refractivity contribution in [3.05, 3.63) is 0 Å². The van der Waals surface area contributed by atoms with Gasteiger partial charge in [-0.05, 0) is 18.8 Å². The van der Waals surface area contributed by atoms with Crippen molar-refractivity contribution < 1.29 is 4.79 Å². The SMILES string of the molecule is CC(C)C(N)CC(=O)N(C)C1CCCCCC1. The van der Waals surface area contributed by atoms with Crippen molar-refractivity contribution >= 4 is 5.91 Å². The van der Waals surface area contributed by atoms with Gasteiger partial charge >= 0.3 is 0 Å². The molecule has 100 valence electrons. The minimum Gasteiger partial charge on any atom is -0.343 e. The summed E-state index contributed by atoms with van der Waals surface area (Å²) < 4.78 is 0. The van der Waals surface area contributed by atoms with Gasteiger partial charge in [0.25, 0.3) is 0 Å². The summed E-state index contributed by atoms with van der Waals surface area (Å²) in [7, 11) is 1.95. The average molecular weight is 240 g/mol. The molecule has 1 aliphatic carbocycles. The van der Waals surface area contributed by atoms with E-state index in [0.29, 0.717) is 18.4 Å². The number of hydrogen-bond donors (Lipinski definition) is 1. The first-order valence-corrected chi connectivity index (χ1v) is 7.03. The van der Waals surface area contributed by atoms with Crippen LogP contribution in [-0.2, 0) is 4.79 Å². The van der Waals surface area contributed by atoms with E-state index in [0.717, 1.165) is 0 Å². The molecule has 0 heterocycles. The second kappa shape index (κ2) is 7.00. The normalized spacial score (nSPS) is 20.1. The molecule has 1 amide bonds. The van der Waals surface area contributed by atoms with Gasteiger partial charge in [0.15, 0.2) is 0 Å². The van der Waals surface area contributed by atoms with Crippen LogP contribution in [0.1, 0.15) is 58.8 Å². The van der Waals surface area contributed by atoms with Crippen LogP contribution in [0.4, 0.5) is 0 Å². The fraction of sp³-hybridized carbons (Fsp3) is 0.929. The molecule has 0 aromatic heterocycles. The topological polar surface area (TPSA) is 46.3 Å². The van der Waals surface area contributed by atoms with E-state index in [9.17, 15) is 4.79 Å². The number of amides is 1. The van der Waals surface area contributed by atoms with E-state index in [1.54, 1.807) is 0 Å². The van der Waals surface area contributed by atoms with E-state index < -0.39 is 0 Å². The number of carbonyl (C=O) groups is 1.